The van der Waals surface area contributed by atoms with Gasteiger partial charge in [-0.05, 0) is 69.9 Å². The van der Waals surface area contributed by atoms with Gasteiger partial charge in [-0.15, -0.1) is 0 Å². The highest BCUT2D eigenvalue weighted by Crippen LogP contribution is 2.19. The summed E-state index contributed by atoms with van der Waals surface area (Å²) in [7, 11) is 0. The third-order valence-electron chi connectivity index (χ3n) is 5.00. The summed E-state index contributed by atoms with van der Waals surface area (Å²) in [5, 5.41) is 3.67. The average Bonchev–Trinajstić information content (AvgIpc) is 2.64. The average molecular weight is 429 g/mol. The van der Waals surface area contributed by atoms with Gasteiger partial charge in [-0.1, -0.05) is 54.4 Å². The van der Waals surface area contributed by atoms with Gasteiger partial charge >= 0.3 is 0 Å². The molecular weight excluding hydrogens is 396 g/mol. The molecule has 1 unspecified atom stereocenters. The van der Waals surface area contributed by atoms with Crippen LogP contribution in [0.2, 0.25) is 5.02 Å². The van der Waals surface area contributed by atoms with Crippen molar-refractivity contribution >= 4 is 23.4 Å². The van der Waals surface area contributed by atoms with Crippen LogP contribution in [0.1, 0.15) is 56.4 Å². The first-order chi connectivity index (χ1) is 14.0. The molecule has 0 aromatic heterocycles. The van der Waals surface area contributed by atoms with E-state index in [1.807, 2.05) is 71.9 Å². The number of carbonyl (C=O) groups is 2. The number of rotatable bonds is 7. The highest BCUT2D eigenvalue weighted by molar-refractivity contribution is 6.30. The van der Waals surface area contributed by atoms with Crippen molar-refractivity contribution in [3.05, 3.63) is 69.7 Å². The Kier molecular flexibility index (Phi) is 8.08. The highest BCUT2D eigenvalue weighted by Gasteiger charge is 2.30. The van der Waals surface area contributed by atoms with E-state index in [9.17, 15) is 9.59 Å². The molecule has 0 radical (unpaired) electrons. The van der Waals surface area contributed by atoms with Crippen molar-refractivity contribution in [3.63, 3.8) is 0 Å². The van der Waals surface area contributed by atoms with Gasteiger partial charge in [0.1, 0.15) is 6.04 Å². The van der Waals surface area contributed by atoms with E-state index < -0.39 is 6.04 Å². The van der Waals surface area contributed by atoms with Crippen molar-refractivity contribution in [1.82, 2.24) is 10.2 Å². The lowest BCUT2D eigenvalue weighted by Crippen LogP contribution is -2.53. The van der Waals surface area contributed by atoms with E-state index in [0.717, 1.165) is 22.3 Å². The fraction of sp³-hybridized carbons (Fsp3) is 0.440. The van der Waals surface area contributed by atoms with Crippen LogP contribution < -0.4 is 5.32 Å². The van der Waals surface area contributed by atoms with Crippen LogP contribution in [0.15, 0.2) is 42.5 Å². The summed E-state index contributed by atoms with van der Waals surface area (Å²) in [4.78, 5) is 28.2. The van der Waals surface area contributed by atoms with E-state index in [-0.39, 0.29) is 23.8 Å². The van der Waals surface area contributed by atoms with Gasteiger partial charge in [0, 0.05) is 17.1 Å². The fourth-order valence-corrected chi connectivity index (χ4v) is 3.54. The summed E-state index contributed by atoms with van der Waals surface area (Å²) in [6.07, 6.45) is 0.800. The normalized spacial score (nSPS) is 12.4. The molecule has 0 heterocycles. The lowest BCUT2D eigenvalue weighted by molar-refractivity contribution is -0.141. The maximum absolute atomic E-state index is 13.4. The minimum atomic E-state index is -0.544. The largest absolute Gasteiger partial charge is 0.350 e. The van der Waals surface area contributed by atoms with Crippen LogP contribution in [0.3, 0.4) is 0 Å². The summed E-state index contributed by atoms with van der Waals surface area (Å²) >= 11 is 6.02. The Morgan fingerprint density at radius 3 is 2.27 bits per heavy atom. The predicted molar refractivity (Wildman–Crippen MR) is 124 cm³/mol. The minimum Gasteiger partial charge on any atom is -0.350 e. The minimum absolute atomic E-state index is 0.0606. The van der Waals surface area contributed by atoms with E-state index in [4.69, 9.17) is 11.6 Å². The van der Waals surface area contributed by atoms with E-state index in [1.165, 1.54) is 0 Å². The zero-order valence-electron chi connectivity index (χ0n) is 18.9. The number of nitrogens with one attached hydrogen (secondary N) is 1. The van der Waals surface area contributed by atoms with Crippen LogP contribution in [-0.2, 0) is 22.6 Å². The van der Waals surface area contributed by atoms with Gasteiger partial charge in [-0.25, -0.2) is 0 Å². The molecule has 2 aromatic carbocycles. The number of aryl methyl sites for hydroxylation is 2. The third-order valence-corrected chi connectivity index (χ3v) is 5.25. The summed E-state index contributed by atoms with van der Waals surface area (Å²) in [6, 6.07) is 13.0. The smallest absolute Gasteiger partial charge is 0.243 e. The number of benzene rings is 2. The van der Waals surface area contributed by atoms with Gasteiger partial charge in [0.05, 0.1) is 6.42 Å². The molecule has 0 saturated carbocycles. The first-order valence-corrected chi connectivity index (χ1v) is 10.8. The number of halogens is 1. The van der Waals surface area contributed by atoms with Crippen molar-refractivity contribution in [2.75, 3.05) is 0 Å². The van der Waals surface area contributed by atoms with Crippen molar-refractivity contribution < 1.29 is 9.59 Å². The van der Waals surface area contributed by atoms with Crippen LogP contribution in [0.5, 0.6) is 0 Å². The van der Waals surface area contributed by atoms with Crippen LogP contribution in [-0.4, -0.2) is 28.3 Å². The molecule has 0 bridgehead atoms. The second-order valence-electron chi connectivity index (χ2n) is 8.92. The lowest BCUT2D eigenvalue weighted by atomic mass is 10.0. The van der Waals surface area contributed by atoms with Gasteiger partial charge in [0.25, 0.3) is 0 Å². The quantitative estimate of drug-likeness (QED) is 0.657. The van der Waals surface area contributed by atoms with E-state index in [0.29, 0.717) is 18.0 Å². The Bertz CT molecular complexity index is 885. The van der Waals surface area contributed by atoms with Crippen molar-refractivity contribution in [1.29, 1.82) is 0 Å². The Morgan fingerprint density at radius 2 is 1.70 bits per heavy atom. The Balaban J connectivity index is 2.35. The second-order valence-corrected chi connectivity index (χ2v) is 9.35. The molecule has 4 nitrogen and oxygen atoms in total. The zero-order valence-corrected chi connectivity index (χ0v) is 19.6. The molecular formula is C25H33ClN2O2. The molecule has 0 aliphatic heterocycles. The van der Waals surface area contributed by atoms with Crippen molar-refractivity contribution in [2.24, 2.45) is 0 Å². The molecule has 0 aliphatic rings. The maximum atomic E-state index is 13.4. The van der Waals surface area contributed by atoms with Crippen LogP contribution >= 0.6 is 11.6 Å². The molecule has 0 spiro atoms. The van der Waals surface area contributed by atoms with Crippen molar-refractivity contribution in [2.45, 2.75) is 72.5 Å². The maximum Gasteiger partial charge on any atom is 0.243 e. The van der Waals surface area contributed by atoms with Gasteiger partial charge < -0.3 is 10.2 Å². The lowest BCUT2D eigenvalue weighted by Gasteiger charge is -2.33. The zero-order chi connectivity index (χ0) is 22.5. The molecule has 2 rings (SSSR count). The van der Waals surface area contributed by atoms with Crippen LogP contribution in [0.25, 0.3) is 0 Å². The number of carbonyl (C=O) groups excluding carboxylic acids is 2. The summed E-state index contributed by atoms with van der Waals surface area (Å²) < 4.78 is 0. The molecule has 1 N–H and O–H groups in total. The Hall–Kier alpha value is -2.33. The summed E-state index contributed by atoms with van der Waals surface area (Å²) in [6.45, 7) is 12.2. The van der Waals surface area contributed by atoms with Gasteiger partial charge in [0.15, 0.2) is 0 Å². The summed E-state index contributed by atoms with van der Waals surface area (Å²) in [5.74, 6) is -0.192. The molecule has 2 aromatic rings. The molecule has 0 aliphatic carbocycles. The summed E-state index contributed by atoms with van der Waals surface area (Å²) in [5.41, 5.74) is 3.76. The van der Waals surface area contributed by atoms with Crippen LogP contribution in [0.4, 0.5) is 0 Å². The highest BCUT2D eigenvalue weighted by atomic mass is 35.5. The molecule has 162 valence electrons. The number of amides is 2. The standard InChI is InChI=1S/C25H33ClN2O2/c1-7-22(24(30)27-25(4,5)6)28(16-19-10-12-21(26)13-11-19)23(29)15-20-14-17(2)8-9-18(20)3/h8-14,22H,7,15-16H2,1-6H3,(H,27,30). The Labute approximate surface area is 185 Å². The van der Waals surface area contributed by atoms with Crippen molar-refractivity contribution in [3.8, 4) is 0 Å². The SMILES string of the molecule is CCC(C(=O)NC(C)(C)C)N(Cc1ccc(Cl)cc1)C(=O)Cc1cc(C)ccc1C. The monoisotopic (exact) mass is 428 g/mol. The number of hydrogen-bond acceptors (Lipinski definition) is 2. The van der Waals surface area contributed by atoms with Crippen LogP contribution in [0, 0.1) is 13.8 Å². The molecule has 1 atom stereocenters. The van der Waals surface area contributed by atoms with Gasteiger partial charge in [-0.3, -0.25) is 9.59 Å². The fourth-order valence-electron chi connectivity index (χ4n) is 3.41. The van der Waals surface area contributed by atoms with E-state index in [2.05, 4.69) is 5.32 Å². The van der Waals surface area contributed by atoms with Gasteiger partial charge in [-0.2, -0.15) is 0 Å². The first-order valence-electron chi connectivity index (χ1n) is 10.4. The third kappa shape index (κ3) is 6.88. The number of hydrogen-bond donors (Lipinski definition) is 1. The molecule has 2 amide bonds. The molecule has 0 saturated heterocycles. The molecule has 30 heavy (non-hydrogen) atoms. The molecule has 0 fully saturated rings. The van der Waals surface area contributed by atoms with E-state index >= 15 is 0 Å². The second kappa shape index (κ2) is 10.1. The predicted octanol–water partition coefficient (Wildman–Crippen LogP) is 5.22. The first kappa shape index (κ1) is 23.9. The topological polar surface area (TPSA) is 49.4 Å². The Morgan fingerprint density at radius 1 is 1.07 bits per heavy atom. The number of nitrogens with zero attached hydrogens (tertiary/aromatic N) is 1. The van der Waals surface area contributed by atoms with Gasteiger partial charge in [0.2, 0.25) is 11.8 Å². The van der Waals surface area contributed by atoms with E-state index in [1.54, 1.807) is 17.0 Å². The molecule has 5 heteroatoms.